The molecule has 0 spiro atoms. The average Bonchev–Trinajstić information content (AvgIpc) is 2.49. The highest BCUT2D eigenvalue weighted by Crippen LogP contribution is 2.28. The third-order valence-corrected chi connectivity index (χ3v) is 3.75. The number of alkyl halides is 3. The number of hydrogen-bond donors (Lipinski definition) is 2. The van der Waals surface area contributed by atoms with Gasteiger partial charge in [0.05, 0.1) is 24.6 Å². The molecule has 2 N–H and O–H groups in total. The molecule has 0 aromatic heterocycles. The molecule has 0 bridgehead atoms. The van der Waals surface area contributed by atoms with Gasteiger partial charge in [-0.15, -0.1) is 13.2 Å². The minimum atomic E-state index is -4.82. The summed E-state index contributed by atoms with van der Waals surface area (Å²) in [6.45, 7) is 5.36. The van der Waals surface area contributed by atoms with Gasteiger partial charge in [0.1, 0.15) is 5.75 Å². The van der Waals surface area contributed by atoms with E-state index >= 15 is 0 Å². The van der Waals surface area contributed by atoms with E-state index in [2.05, 4.69) is 10.1 Å². The number of carbonyl (C=O) groups excluding carboxylic acids is 1. The zero-order valence-electron chi connectivity index (χ0n) is 14.9. The number of benzene rings is 1. The molecule has 1 rings (SSSR count). The van der Waals surface area contributed by atoms with E-state index in [4.69, 9.17) is 5.26 Å². The molecule has 0 heterocycles. The molecule has 1 amide bonds. The van der Waals surface area contributed by atoms with Crippen LogP contribution in [-0.2, 0) is 4.79 Å². The third-order valence-electron chi connectivity index (χ3n) is 3.75. The van der Waals surface area contributed by atoms with Crippen LogP contribution in [0.1, 0.15) is 51.6 Å². The number of halogens is 3. The van der Waals surface area contributed by atoms with Crippen LogP contribution in [0.15, 0.2) is 24.3 Å². The largest absolute Gasteiger partial charge is 0.573 e. The Kier molecular flexibility index (Phi) is 7.45. The normalized spacial score (nSPS) is 14.2. The van der Waals surface area contributed by atoms with Crippen molar-refractivity contribution >= 4 is 5.91 Å². The van der Waals surface area contributed by atoms with Gasteiger partial charge in [0, 0.05) is 6.42 Å². The van der Waals surface area contributed by atoms with Gasteiger partial charge in [-0.25, -0.2) is 0 Å². The van der Waals surface area contributed by atoms with Crippen LogP contribution in [-0.4, -0.2) is 23.5 Å². The second-order valence-electron chi connectivity index (χ2n) is 7.02. The second-order valence-corrected chi connectivity index (χ2v) is 7.02. The molecule has 5 nitrogen and oxygen atoms in total. The van der Waals surface area contributed by atoms with E-state index in [0.717, 1.165) is 6.07 Å². The van der Waals surface area contributed by atoms with Gasteiger partial charge in [0.2, 0.25) is 5.91 Å². The van der Waals surface area contributed by atoms with Crippen molar-refractivity contribution in [2.24, 2.45) is 5.41 Å². The lowest BCUT2D eigenvalue weighted by Crippen LogP contribution is -2.35. The van der Waals surface area contributed by atoms with E-state index in [1.165, 1.54) is 12.1 Å². The fraction of sp³-hybridized carbons (Fsp3) is 0.556. The maximum Gasteiger partial charge on any atom is 0.573 e. The minimum absolute atomic E-state index is 0.108. The number of hydrogen-bond acceptors (Lipinski definition) is 4. The molecule has 0 fully saturated rings. The smallest absolute Gasteiger partial charge is 0.406 e. The Labute approximate surface area is 150 Å². The van der Waals surface area contributed by atoms with Crippen molar-refractivity contribution in [3.05, 3.63) is 29.8 Å². The molecule has 144 valence electrons. The summed E-state index contributed by atoms with van der Waals surface area (Å²) in [5.74, 6) is -0.849. The van der Waals surface area contributed by atoms with Crippen LogP contribution in [0.3, 0.4) is 0 Å². The van der Waals surface area contributed by atoms with Gasteiger partial charge in [-0.3, -0.25) is 4.79 Å². The van der Waals surface area contributed by atoms with Crippen molar-refractivity contribution in [3.63, 3.8) is 0 Å². The first kappa shape index (κ1) is 21.8. The van der Waals surface area contributed by atoms with Crippen LogP contribution in [0.2, 0.25) is 0 Å². The number of rotatable bonds is 7. The Balaban J connectivity index is 2.91. The number of ether oxygens (including phenoxy) is 1. The van der Waals surface area contributed by atoms with Crippen molar-refractivity contribution in [2.45, 2.75) is 58.5 Å². The fourth-order valence-corrected chi connectivity index (χ4v) is 2.19. The maximum absolute atomic E-state index is 12.4. The molecule has 0 aliphatic heterocycles. The van der Waals surface area contributed by atoms with Gasteiger partial charge in [0.15, 0.2) is 0 Å². The SMILES string of the molecule is CC(C)(C)C(O)CC(=O)N[C@@H](CCC#N)c1cccc(OC(F)(F)F)c1. The third kappa shape index (κ3) is 7.74. The summed E-state index contributed by atoms with van der Waals surface area (Å²) in [5.41, 5.74) is -0.0967. The summed E-state index contributed by atoms with van der Waals surface area (Å²) in [7, 11) is 0. The lowest BCUT2D eigenvalue weighted by atomic mass is 9.87. The van der Waals surface area contributed by atoms with E-state index < -0.39 is 35.6 Å². The van der Waals surface area contributed by atoms with Crippen LogP contribution >= 0.6 is 0 Å². The van der Waals surface area contributed by atoms with Gasteiger partial charge in [-0.1, -0.05) is 32.9 Å². The summed E-state index contributed by atoms with van der Waals surface area (Å²) < 4.78 is 41.0. The standard InChI is InChI=1S/C18H23F3N2O3/c1-17(2,3)15(24)11-16(25)23-14(8-5-9-22)12-6-4-7-13(10-12)26-18(19,20)21/h4,6-7,10,14-15,24H,5,8,11H2,1-3H3,(H,23,25)/t14-,15?/m0/s1. The molecular formula is C18H23F3N2O3. The number of nitrogens with one attached hydrogen (secondary N) is 1. The van der Waals surface area contributed by atoms with Crippen LogP contribution in [0, 0.1) is 16.7 Å². The summed E-state index contributed by atoms with van der Waals surface area (Å²) in [5, 5.41) is 21.5. The topological polar surface area (TPSA) is 82.4 Å². The molecule has 1 unspecified atom stereocenters. The Hall–Kier alpha value is -2.27. The van der Waals surface area contributed by atoms with Crippen LogP contribution in [0.4, 0.5) is 13.2 Å². The van der Waals surface area contributed by atoms with Crippen LogP contribution in [0.5, 0.6) is 5.75 Å². The number of nitriles is 1. The van der Waals surface area contributed by atoms with Crippen molar-refractivity contribution in [2.75, 3.05) is 0 Å². The van der Waals surface area contributed by atoms with E-state index in [1.807, 2.05) is 6.07 Å². The van der Waals surface area contributed by atoms with Crippen LogP contribution in [0.25, 0.3) is 0 Å². The van der Waals surface area contributed by atoms with E-state index in [9.17, 15) is 23.1 Å². The van der Waals surface area contributed by atoms with Crippen molar-refractivity contribution < 1.29 is 27.8 Å². The van der Waals surface area contributed by atoms with Crippen LogP contribution < -0.4 is 10.1 Å². The zero-order chi connectivity index (χ0) is 20.0. The zero-order valence-corrected chi connectivity index (χ0v) is 14.9. The molecule has 26 heavy (non-hydrogen) atoms. The number of carbonyl (C=O) groups is 1. The Morgan fingerprint density at radius 2 is 2.00 bits per heavy atom. The molecule has 1 aromatic rings. The number of aliphatic hydroxyl groups is 1. The van der Waals surface area contributed by atoms with Crippen molar-refractivity contribution in [1.82, 2.24) is 5.32 Å². The first-order valence-corrected chi connectivity index (χ1v) is 8.12. The van der Waals surface area contributed by atoms with E-state index in [0.29, 0.717) is 5.56 Å². The van der Waals surface area contributed by atoms with Crippen molar-refractivity contribution in [3.8, 4) is 11.8 Å². The van der Waals surface area contributed by atoms with E-state index in [-0.39, 0.29) is 19.3 Å². The molecule has 0 aliphatic carbocycles. The molecule has 0 radical (unpaired) electrons. The van der Waals surface area contributed by atoms with Gasteiger partial charge < -0.3 is 15.2 Å². The molecule has 0 aliphatic rings. The number of aliphatic hydroxyl groups excluding tert-OH is 1. The Morgan fingerprint density at radius 3 is 2.54 bits per heavy atom. The monoisotopic (exact) mass is 372 g/mol. The van der Waals surface area contributed by atoms with Gasteiger partial charge in [0.25, 0.3) is 0 Å². The highest BCUT2D eigenvalue weighted by atomic mass is 19.4. The summed E-state index contributed by atoms with van der Waals surface area (Å²) >= 11 is 0. The fourth-order valence-electron chi connectivity index (χ4n) is 2.19. The van der Waals surface area contributed by atoms with Gasteiger partial charge >= 0.3 is 6.36 Å². The lowest BCUT2D eigenvalue weighted by Gasteiger charge is -2.26. The predicted molar refractivity (Wildman–Crippen MR) is 88.9 cm³/mol. The highest BCUT2D eigenvalue weighted by Gasteiger charge is 2.31. The quantitative estimate of drug-likeness (QED) is 0.762. The molecule has 1 aromatic carbocycles. The van der Waals surface area contributed by atoms with Gasteiger partial charge in [-0.05, 0) is 29.5 Å². The summed E-state index contributed by atoms with van der Waals surface area (Å²) in [4.78, 5) is 12.2. The molecule has 0 saturated carbocycles. The Bertz CT molecular complexity index is 648. The molecular weight excluding hydrogens is 349 g/mol. The first-order valence-electron chi connectivity index (χ1n) is 8.12. The lowest BCUT2D eigenvalue weighted by molar-refractivity contribution is -0.274. The van der Waals surface area contributed by atoms with E-state index in [1.54, 1.807) is 26.8 Å². The first-order chi connectivity index (χ1) is 11.9. The number of nitrogens with zero attached hydrogens (tertiary/aromatic N) is 1. The number of amides is 1. The molecule has 2 atom stereocenters. The molecule has 0 saturated heterocycles. The average molecular weight is 372 g/mol. The van der Waals surface area contributed by atoms with Crippen molar-refractivity contribution in [1.29, 1.82) is 5.26 Å². The molecule has 8 heteroatoms. The maximum atomic E-state index is 12.4. The second kappa shape index (κ2) is 8.90. The van der Waals surface area contributed by atoms with Gasteiger partial charge in [-0.2, -0.15) is 5.26 Å². The Morgan fingerprint density at radius 1 is 1.35 bits per heavy atom. The predicted octanol–water partition coefficient (Wildman–Crippen LogP) is 3.84. The minimum Gasteiger partial charge on any atom is -0.406 e. The highest BCUT2D eigenvalue weighted by molar-refractivity contribution is 5.77. The summed E-state index contributed by atoms with van der Waals surface area (Å²) in [6.07, 6.45) is -5.51. The summed E-state index contributed by atoms with van der Waals surface area (Å²) in [6, 6.07) is 6.55.